The van der Waals surface area contributed by atoms with Crippen molar-refractivity contribution in [3.8, 4) is 6.07 Å². The summed E-state index contributed by atoms with van der Waals surface area (Å²) < 4.78 is 4.82. The molecule has 1 amide bonds. The highest BCUT2D eigenvalue weighted by atomic mass is 16.5. The van der Waals surface area contributed by atoms with E-state index in [1.807, 2.05) is 6.07 Å². The molecule has 1 unspecified atom stereocenters. The molecule has 5 heteroatoms. The fraction of sp³-hybridized carbons (Fsp3) is 0.353. The summed E-state index contributed by atoms with van der Waals surface area (Å²) in [5.41, 5.74) is 0.409. The smallest absolute Gasteiger partial charge is 0.331 e. The monoisotopic (exact) mass is 298 g/mol. The van der Waals surface area contributed by atoms with Gasteiger partial charge in [0.05, 0.1) is 18.7 Å². The van der Waals surface area contributed by atoms with Gasteiger partial charge < -0.3 is 9.64 Å². The largest absolute Gasteiger partial charge is 0.467 e. The maximum atomic E-state index is 12.4. The molecule has 0 spiro atoms. The molecule has 1 aliphatic heterocycles. The Labute approximate surface area is 129 Å². The van der Waals surface area contributed by atoms with Crippen LogP contribution in [0.25, 0.3) is 6.08 Å². The van der Waals surface area contributed by atoms with Crippen LogP contribution in [0.2, 0.25) is 0 Å². The summed E-state index contributed by atoms with van der Waals surface area (Å²) >= 11 is 0. The predicted octanol–water partition coefficient (Wildman–Crippen LogP) is 2.13. The Morgan fingerprint density at radius 2 is 2.23 bits per heavy atom. The van der Waals surface area contributed by atoms with Crippen LogP contribution in [-0.2, 0) is 14.3 Å². The number of hydrogen-bond acceptors (Lipinski definition) is 4. The lowest BCUT2D eigenvalue weighted by molar-refractivity contribution is -0.156. The molecule has 0 saturated carbocycles. The van der Waals surface area contributed by atoms with Gasteiger partial charge in [-0.3, -0.25) is 4.79 Å². The van der Waals surface area contributed by atoms with Gasteiger partial charge in [-0.1, -0.05) is 12.1 Å². The lowest BCUT2D eigenvalue weighted by atomic mass is 9.99. The van der Waals surface area contributed by atoms with Crippen LogP contribution in [0.4, 0.5) is 0 Å². The number of amides is 1. The van der Waals surface area contributed by atoms with Crippen molar-refractivity contribution in [2.75, 3.05) is 13.7 Å². The molecule has 0 aromatic heterocycles. The van der Waals surface area contributed by atoms with Gasteiger partial charge in [0.15, 0.2) is 0 Å². The Morgan fingerprint density at radius 1 is 1.45 bits per heavy atom. The van der Waals surface area contributed by atoms with Crippen molar-refractivity contribution in [2.24, 2.45) is 0 Å². The van der Waals surface area contributed by atoms with Crippen molar-refractivity contribution in [3.05, 3.63) is 41.5 Å². The highest BCUT2D eigenvalue weighted by Crippen LogP contribution is 2.30. The number of methoxy groups -OCH3 is 1. The minimum Gasteiger partial charge on any atom is -0.467 e. The van der Waals surface area contributed by atoms with Crippen LogP contribution in [0, 0.1) is 11.3 Å². The first-order valence-electron chi connectivity index (χ1n) is 7.09. The molecule has 1 saturated heterocycles. The molecule has 0 radical (unpaired) electrons. The van der Waals surface area contributed by atoms with Gasteiger partial charge in [-0.05, 0) is 43.5 Å². The quantitative estimate of drug-likeness (QED) is 0.633. The van der Waals surface area contributed by atoms with Crippen molar-refractivity contribution in [2.45, 2.75) is 25.3 Å². The topological polar surface area (TPSA) is 70.4 Å². The van der Waals surface area contributed by atoms with Crippen molar-refractivity contribution in [3.63, 3.8) is 0 Å². The van der Waals surface area contributed by atoms with Crippen LogP contribution in [0.5, 0.6) is 0 Å². The summed E-state index contributed by atoms with van der Waals surface area (Å²) in [5, 5.41) is 8.87. The lowest BCUT2D eigenvalue weighted by Gasteiger charge is -2.31. The number of rotatable bonds is 3. The third-order valence-electron chi connectivity index (χ3n) is 3.97. The third kappa shape index (κ3) is 3.01. The molecule has 1 aromatic carbocycles. The minimum atomic E-state index is -0.898. The van der Waals surface area contributed by atoms with Gasteiger partial charge in [0.2, 0.25) is 5.91 Å². The van der Waals surface area contributed by atoms with E-state index in [0.717, 1.165) is 12.0 Å². The highest BCUT2D eigenvalue weighted by molar-refractivity contribution is 5.96. The van der Waals surface area contributed by atoms with E-state index in [2.05, 4.69) is 6.07 Å². The summed E-state index contributed by atoms with van der Waals surface area (Å²) in [4.78, 5) is 25.9. The van der Waals surface area contributed by atoms with Crippen molar-refractivity contribution >= 4 is 18.0 Å². The zero-order chi connectivity index (χ0) is 16.2. The Hall–Kier alpha value is -2.61. The van der Waals surface area contributed by atoms with Gasteiger partial charge in [0, 0.05) is 12.6 Å². The zero-order valence-electron chi connectivity index (χ0n) is 12.7. The molecule has 22 heavy (non-hydrogen) atoms. The Bertz CT molecular complexity index is 660. The normalized spacial score (nSPS) is 20.9. The molecule has 1 fully saturated rings. The molecule has 1 aromatic rings. The molecular weight excluding hydrogens is 280 g/mol. The first-order valence-corrected chi connectivity index (χ1v) is 7.09. The first-order chi connectivity index (χ1) is 10.5. The molecule has 114 valence electrons. The van der Waals surface area contributed by atoms with E-state index in [0.29, 0.717) is 18.5 Å². The van der Waals surface area contributed by atoms with Crippen LogP contribution in [-0.4, -0.2) is 36.0 Å². The second-order valence-electron chi connectivity index (χ2n) is 5.43. The number of hydrogen-bond donors (Lipinski definition) is 0. The molecule has 0 aliphatic carbocycles. The van der Waals surface area contributed by atoms with E-state index in [-0.39, 0.29) is 5.91 Å². The Balaban J connectivity index is 2.16. The fourth-order valence-electron chi connectivity index (χ4n) is 2.72. The number of esters is 1. The van der Waals surface area contributed by atoms with Gasteiger partial charge in [-0.2, -0.15) is 5.26 Å². The Morgan fingerprint density at radius 3 is 2.91 bits per heavy atom. The second kappa shape index (κ2) is 6.44. The molecule has 5 nitrogen and oxygen atoms in total. The number of ether oxygens (including phenoxy) is 1. The van der Waals surface area contributed by atoms with Crippen LogP contribution < -0.4 is 0 Å². The average Bonchev–Trinajstić information content (AvgIpc) is 2.95. The number of carbonyl (C=O) groups excluding carboxylic acids is 2. The SMILES string of the molecule is COC(=O)C1(C)CCCN1C(=O)/C=C/c1cccc(C#N)c1. The number of nitrogens with zero attached hydrogens (tertiary/aromatic N) is 2. The molecular formula is C17H18N2O3. The van der Waals surface area contributed by atoms with Crippen molar-refractivity contribution in [1.29, 1.82) is 5.26 Å². The van der Waals surface area contributed by atoms with E-state index in [4.69, 9.17) is 10.00 Å². The highest BCUT2D eigenvalue weighted by Gasteiger charge is 2.46. The van der Waals surface area contributed by atoms with Crippen molar-refractivity contribution < 1.29 is 14.3 Å². The van der Waals surface area contributed by atoms with Crippen LogP contribution in [0.3, 0.4) is 0 Å². The maximum Gasteiger partial charge on any atom is 0.331 e. The third-order valence-corrected chi connectivity index (χ3v) is 3.97. The number of carbonyl (C=O) groups is 2. The van der Waals surface area contributed by atoms with E-state index in [9.17, 15) is 9.59 Å². The predicted molar refractivity (Wildman–Crippen MR) is 81.6 cm³/mol. The summed E-state index contributed by atoms with van der Waals surface area (Å²) in [5.74, 6) is -0.619. The van der Waals surface area contributed by atoms with Gasteiger partial charge in [-0.25, -0.2) is 4.79 Å². The Kier molecular flexibility index (Phi) is 4.62. The van der Waals surface area contributed by atoms with E-state index in [1.54, 1.807) is 36.1 Å². The summed E-state index contributed by atoms with van der Waals surface area (Å²) in [7, 11) is 1.33. The standard InChI is InChI=1S/C17H18N2O3/c1-17(16(21)22-2)9-4-10-19(17)15(20)8-7-13-5-3-6-14(11-13)12-18/h3,5-8,11H,4,9-10H2,1-2H3/b8-7+. The molecule has 0 bridgehead atoms. The first kappa shape index (κ1) is 15.8. The molecule has 2 rings (SSSR count). The van der Waals surface area contributed by atoms with Crippen LogP contribution in [0.15, 0.2) is 30.3 Å². The van der Waals surface area contributed by atoms with E-state index < -0.39 is 11.5 Å². The maximum absolute atomic E-state index is 12.4. The number of benzene rings is 1. The second-order valence-corrected chi connectivity index (χ2v) is 5.43. The summed E-state index contributed by atoms with van der Waals surface area (Å²) in [6.07, 6.45) is 4.46. The van der Waals surface area contributed by atoms with Crippen LogP contribution in [0.1, 0.15) is 30.9 Å². The lowest BCUT2D eigenvalue weighted by Crippen LogP contribution is -2.50. The van der Waals surface area contributed by atoms with E-state index in [1.165, 1.54) is 13.2 Å². The molecule has 0 N–H and O–H groups in total. The van der Waals surface area contributed by atoms with Gasteiger partial charge in [0.25, 0.3) is 0 Å². The van der Waals surface area contributed by atoms with Gasteiger partial charge in [-0.15, -0.1) is 0 Å². The number of likely N-dealkylation sites (tertiary alicyclic amines) is 1. The van der Waals surface area contributed by atoms with Crippen molar-refractivity contribution in [1.82, 2.24) is 4.90 Å². The minimum absolute atomic E-state index is 0.229. The summed E-state index contributed by atoms with van der Waals surface area (Å²) in [6, 6.07) is 9.03. The van der Waals surface area contributed by atoms with Crippen LogP contribution >= 0.6 is 0 Å². The number of nitriles is 1. The van der Waals surface area contributed by atoms with E-state index >= 15 is 0 Å². The van der Waals surface area contributed by atoms with Gasteiger partial charge in [0.1, 0.15) is 5.54 Å². The molecule has 1 atom stereocenters. The zero-order valence-corrected chi connectivity index (χ0v) is 12.7. The summed E-state index contributed by atoms with van der Waals surface area (Å²) in [6.45, 7) is 2.26. The molecule has 1 heterocycles. The average molecular weight is 298 g/mol. The molecule has 1 aliphatic rings. The van der Waals surface area contributed by atoms with Gasteiger partial charge >= 0.3 is 5.97 Å². The fourth-order valence-corrected chi connectivity index (χ4v) is 2.72.